The predicted molar refractivity (Wildman–Crippen MR) is 69.1 cm³/mol. The lowest BCUT2D eigenvalue weighted by atomic mass is 10.3. The van der Waals surface area contributed by atoms with Crippen molar-refractivity contribution in [3.63, 3.8) is 0 Å². The van der Waals surface area contributed by atoms with Gasteiger partial charge in [0.05, 0.1) is 22.9 Å². The minimum absolute atomic E-state index is 0. The molecule has 0 aromatic rings. The fraction of sp³-hybridized carbons (Fsp3) is 0.556. The second kappa shape index (κ2) is 5.24. The third-order valence-electron chi connectivity index (χ3n) is 2.35. The summed E-state index contributed by atoms with van der Waals surface area (Å²) < 4.78 is 2.16. The van der Waals surface area contributed by atoms with Gasteiger partial charge in [0, 0.05) is 31.5 Å². The van der Waals surface area contributed by atoms with E-state index < -0.39 is 0 Å². The van der Waals surface area contributed by atoms with Crippen LogP contribution in [-0.2, 0) is 0 Å². The summed E-state index contributed by atoms with van der Waals surface area (Å²) in [4.78, 5) is 2.47. The van der Waals surface area contributed by atoms with Gasteiger partial charge in [0.25, 0.3) is 0 Å². The molecule has 74 valence electrons. The van der Waals surface area contributed by atoms with Crippen LogP contribution in [0.3, 0.4) is 0 Å². The predicted octanol–water partition coefficient (Wildman–Crippen LogP) is 2.72. The van der Waals surface area contributed by atoms with Crippen LogP contribution in [0.4, 0.5) is 0 Å². The Labute approximate surface area is 104 Å². The van der Waals surface area contributed by atoms with E-state index in [2.05, 4.69) is 49.2 Å². The largest absolute Gasteiger partial charge is 0.372 e. The first-order valence-electron chi connectivity index (χ1n) is 4.42. The van der Waals surface area contributed by atoms with Gasteiger partial charge in [-0.05, 0) is 25.0 Å². The number of rotatable bonds is 1. The van der Waals surface area contributed by atoms with Crippen molar-refractivity contribution in [3.8, 4) is 0 Å². The van der Waals surface area contributed by atoms with Gasteiger partial charge in [-0.3, -0.25) is 0 Å². The first-order valence-corrected chi connectivity index (χ1v) is 5.38. The highest BCUT2D eigenvalue weighted by Crippen LogP contribution is 2.19. The van der Waals surface area contributed by atoms with E-state index in [9.17, 15) is 0 Å². The molecule has 2 rings (SSSR count). The quantitative estimate of drug-likeness (QED) is 0.526. The monoisotopic (exact) mass is 356 g/mol. The molecule has 4 heteroatoms. The number of likely N-dealkylation sites (tertiary alicyclic amines) is 1. The number of hydrogen-bond acceptors (Lipinski definition) is 2. The molecule has 0 atom stereocenters. The fourth-order valence-electron chi connectivity index (χ4n) is 1.68. The summed E-state index contributed by atoms with van der Waals surface area (Å²) >= 11 is 2.31. The molecule has 0 saturated carbocycles. The molecule has 2 aliphatic heterocycles. The molecule has 1 saturated heterocycles. The maximum Gasteiger partial charge on any atom is 0.0589 e. The highest BCUT2D eigenvalue weighted by Gasteiger charge is 2.14. The first kappa shape index (κ1) is 11.4. The maximum absolute atomic E-state index is 2.47. The highest BCUT2D eigenvalue weighted by molar-refractivity contribution is 14.1. The normalized spacial score (nSPS) is 21.5. The van der Waals surface area contributed by atoms with Gasteiger partial charge in [0.15, 0.2) is 0 Å². The van der Waals surface area contributed by atoms with Crippen molar-refractivity contribution in [2.24, 2.45) is 0 Å². The van der Waals surface area contributed by atoms with Crippen molar-refractivity contribution in [1.29, 1.82) is 0 Å². The van der Waals surface area contributed by atoms with Gasteiger partial charge in [-0.1, -0.05) is 0 Å². The zero-order chi connectivity index (χ0) is 8.39. The van der Waals surface area contributed by atoms with Gasteiger partial charge < -0.3 is 8.01 Å². The van der Waals surface area contributed by atoms with Crippen molar-refractivity contribution < 1.29 is 0 Å². The van der Waals surface area contributed by atoms with E-state index >= 15 is 0 Å². The molecule has 0 aromatic carbocycles. The van der Waals surface area contributed by atoms with E-state index in [1.807, 2.05) is 0 Å². The minimum atomic E-state index is 0. The summed E-state index contributed by atoms with van der Waals surface area (Å²) in [6.45, 7) is 3.54. The lowest BCUT2D eigenvalue weighted by Crippen LogP contribution is -2.21. The van der Waals surface area contributed by atoms with Crippen LogP contribution in [0.15, 0.2) is 24.0 Å². The molecule has 2 heterocycles. The summed E-state index contributed by atoms with van der Waals surface area (Å²) in [5, 5.41) is 0. The van der Waals surface area contributed by atoms with Gasteiger partial charge in [0.1, 0.15) is 0 Å². The molecule has 0 amide bonds. The molecule has 0 spiro atoms. The van der Waals surface area contributed by atoms with Crippen LogP contribution in [0.5, 0.6) is 0 Å². The lowest BCUT2D eigenvalue weighted by molar-refractivity contribution is 0.433. The average Bonchev–Trinajstić information content (AvgIpc) is 2.58. The molecule has 0 N–H and O–H groups in total. The van der Waals surface area contributed by atoms with E-state index in [0.29, 0.717) is 0 Å². The van der Waals surface area contributed by atoms with Crippen LogP contribution in [-0.4, -0.2) is 27.6 Å². The van der Waals surface area contributed by atoms with Crippen molar-refractivity contribution >= 4 is 39.8 Å². The van der Waals surface area contributed by atoms with Crippen molar-refractivity contribution in [2.75, 3.05) is 19.6 Å². The Hall–Kier alpha value is 0.290. The zero-order valence-electron chi connectivity index (χ0n) is 7.45. The second-order valence-electron chi connectivity index (χ2n) is 3.22. The Morgan fingerprint density at radius 3 is 2.46 bits per heavy atom. The van der Waals surface area contributed by atoms with Gasteiger partial charge in [-0.15, -0.1) is 17.0 Å². The Bertz CT molecular complexity index is 222. The number of allylic oxidation sites excluding steroid dienone is 1. The highest BCUT2D eigenvalue weighted by atomic mass is 127. The topological polar surface area (TPSA) is 6.48 Å². The van der Waals surface area contributed by atoms with Crippen molar-refractivity contribution in [3.05, 3.63) is 24.0 Å². The lowest BCUT2D eigenvalue weighted by Gasteiger charge is -2.23. The molecular weight excluding hydrogens is 343 g/mol. The smallest absolute Gasteiger partial charge is 0.0589 e. The standard InChI is InChI=1S/C9H13IN2.BrH/c10-12-7-3-9(4-8-12)11-5-1-2-6-11;/h3-4,7H,1-2,5-6,8H2;1H. The van der Waals surface area contributed by atoms with Gasteiger partial charge in [-0.2, -0.15) is 0 Å². The Balaban J connectivity index is 0.000000845. The third kappa shape index (κ3) is 2.87. The van der Waals surface area contributed by atoms with E-state index in [-0.39, 0.29) is 17.0 Å². The summed E-state index contributed by atoms with van der Waals surface area (Å²) in [5.74, 6) is 0. The molecule has 1 fully saturated rings. The molecule has 13 heavy (non-hydrogen) atoms. The molecule has 0 bridgehead atoms. The molecule has 0 unspecified atom stereocenters. The average molecular weight is 357 g/mol. The Morgan fingerprint density at radius 1 is 1.23 bits per heavy atom. The minimum Gasteiger partial charge on any atom is -0.372 e. The SMILES string of the molecule is Br.IN1C=CC(N2CCCC2)=CC1. The number of halogens is 2. The third-order valence-corrected chi connectivity index (χ3v) is 3.07. The summed E-state index contributed by atoms with van der Waals surface area (Å²) in [6, 6.07) is 0. The molecule has 2 nitrogen and oxygen atoms in total. The molecular formula is C9H14BrIN2. The Morgan fingerprint density at radius 2 is 1.92 bits per heavy atom. The van der Waals surface area contributed by atoms with Gasteiger partial charge in [0.2, 0.25) is 0 Å². The van der Waals surface area contributed by atoms with E-state index in [0.717, 1.165) is 6.54 Å². The summed E-state index contributed by atoms with van der Waals surface area (Å²) in [7, 11) is 0. The maximum atomic E-state index is 2.47. The van der Waals surface area contributed by atoms with Crippen LogP contribution in [0, 0.1) is 0 Å². The number of hydrogen-bond donors (Lipinski definition) is 0. The number of nitrogens with zero attached hydrogens (tertiary/aromatic N) is 2. The van der Waals surface area contributed by atoms with Crippen LogP contribution in [0.25, 0.3) is 0 Å². The molecule has 0 aromatic heterocycles. The summed E-state index contributed by atoms with van der Waals surface area (Å²) in [6.07, 6.45) is 9.38. The van der Waals surface area contributed by atoms with Gasteiger partial charge >= 0.3 is 0 Å². The zero-order valence-corrected chi connectivity index (χ0v) is 11.3. The fourth-order valence-corrected chi connectivity index (χ4v) is 2.03. The van der Waals surface area contributed by atoms with Crippen molar-refractivity contribution in [2.45, 2.75) is 12.8 Å². The summed E-state index contributed by atoms with van der Waals surface area (Å²) in [5.41, 5.74) is 1.42. The van der Waals surface area contributed by atoms with Crippen molar-refractivity contribution in [1.82, 2.24) is 8.01 Å². The van der Waals surface area contributed by atoms with Gasteiger partial charge in [-0.25, -0.2) is 0 Å². The van der Waals surface area contributed by atoms with Crippen LogP contribution < -0.4 is 0 Å². The van der Waals surface area contributed by atoms with Crippen LogP contribution in [0.1, 0.15) is 12.8 Å². The molecule has 0 aliphatic carbocycles. The van der Waals surface area contributed by atoms with Crippen LogP contribution in [0.2, 0.25) is 0 Å². The molecule has 0 radical (unpaired) electrons. The van der Waals surface area contributed by atoms with Crippen LogP contribution >= 0.6 is 39.8 Å². The van der Waals surface area contributed by atoms with E-state index in [1.54, 1.807) is 0 Å². The van der Waals surface area contributed by atoms with E-state index in [4.69, 9.17) is 0 Å². The molecule has 2 aliphatic rings. The van der Waals surface area contributed by atoms with E-state index in [1.165, 1.54) is 31.6 Å². The second-order valence-corrected chi connectivity index (χ2v) is 4.46. The first-order chi connectivity index (χ1) is 5.86. The Kier molecular flexibility index (Phi) is 4.58.